The van der Waals surface area contributed by atoms with Crippen LogP contribution in [0.4, 0.5) is 10.1 Å². The van der Waals surface area contributed by atoms with Crippen LogP contribution in [0.2, 0.25) is 0 Å². The Morgan fingerprint density at radius 1 is 1.37 bits per heavy atom. The second-order valence-corrected chi connectivity index (χ2v) is 5.58. The van der Waals surface area contributed by atoms with Crippen LogP contribution in [0, 0.1) is 5.82 Å². The molecule has 5 heteroatoms. The molecule has 0 saturated heterocycles. The predicted octanol–water partition coefficient (Wildman–Crippen LogP) is 2.67. The molecule has 1 aromatic carbocycles. The van der Waals surface area contributed by atoms with E-state index >= 15 is 0 Å². The molecule has 0 radical (unpaired) electrons. The highest BCUT2D eigenvalue weighted by atomic mass is 32.1. The Morgan fingerprint density at radius 2 is 2.21 bits per heavy atom. The van der Waals surface area contributed by atoms with Gasteiger partial charge in [0.25, 0.3) is 5.91 Å². The van der Waals surface area contributed by atoms with Gasteiger partial charge in [0.15, 0.2) is 0 Å². The van der Waals surface area contributed by atoms with E-state index in [4.69, 9.17) is 5.73 Å². The number of thiophene rings is 1. The Hall–Kier alpha value is -1.88. The van der Waals surface area contributed by atoms with Crippen molar-refractivity contribution in [1.82, 2.24) is 4.90 Å². The van der Waals surface area contributed by atoms with Crippen LogP contribution in [0.15, 0.2) is 29.6 Å². The third kappa shape index (κ3) is 2.21. The molecule has 3 nitrogen and oxygen atoms in total. The van der Waals surface area contributed by atoms with Gasteiger partial charge in [0.2, 0.25) is 0 Å². The summed E-state index contributed by atoms with van der Waals surface area (Å²) < 4.78 is 13.0. The molecule has 0 saturated carbocycles. The largest absolute Gasteiger partial charge is 0.398 e. The Labute approximate surface area is 114 Å². The van der Waals surface area contributed by atoms with Gasteiger partial charge < -0.3 is 10.6 Å². The Kier molecular flexibility index (Phi) is 2.98. The van der Waals surface area contributed by atoms with Gasteiger partial charge in [-0.2, -0.15) is 0 Å². The highest BCUT2D eigenvalue weighted by Gasteiger charge is 2.23. The van der Waals surface area contributed by atoms with Crippen LogP contribution in [-0.2, 0) is 13.0 Å². The molecule has 19 heavy (non-hydrogen) atoms. The van der Waals surface area contributed by atoms with Crippen molar-refractivity contribution < 1.29 is 9.18 Å². The van der Waals surface area contributed by atoms with Gasteiger partial charge in [-0.1, -0.05) is 0 Å². The van der Waals surface area contributed by atoms with Gasteiger partial charge in [0, 0.05) is 23.7 Å². The fraction of sp³-hybridized carbons (Fsp3) is 0.214. The molecule has 0 unspecified atom stereocenters. The zero-order valence-corrected chi connectivity index (χ0v) is 11.0. The first kappa shape index (κ1) is 12.2. The van der Waals surface area contributed by atoms with Crippen LogP contribution < -0.4 is 5.73 Å². The van der Waals surface area contributed by atoms with Crippen molar-refractivity contribution in [2.45, 2.75) is 13.0 Å². The number of fused-ring (bicyclic) bond motifs is 1. The van der Waals surface area contributed by atoms with E-state index in [9.17, 15) is 9.18 Å². The third-order valence-corrected chi connectivity index (χ3v) is 4.36. The number of rotatable bonds is 1. The highest BCUT2D eigenvalue weighted by molar-refractivity contribution is 7.10. The highest BCUT2D eigenvalue weighted by Crippen LogP contribution is 2.26. The van der Waals surface area contributed by atoms with E-state index < -0.39 is 5.82 Å². The van der Waals surface area contributed by atoms with Gasteiger partial charge >= 0.3 is 0 Å². The zero-order chi connectivity index (χ0) is 13.4. The number of carbonyl (C=O) groups is 1. The summed E-state index contributed by atoms with van der Waals surface area (Å²) in [5.41, 5.74) is 7.49. The number of nitrogens with two attached hydrogens (primary N) is 1. The number of halogens is 1. The van der Waals surface area contributed by atoms with Gasteiger partial charge in [0.1, 0.15) is 5.82 Å². The first-order valence-electron chi connectivity index (χ1n) is 6.04. The molecule has 98 valence electrons. The molecule has 2 heterocycles. The molecular weight excluding hydrogens is 263 g/mol. The van der Waals surface area contributed by atoms with Crippen molar-refractivity contribution >= 4 is 22.9 Å². The minimum absolute atomic E-state index is 0.130. The van der Waals surface area contributed by atoms with E-state index in [1.165, 1.54) is 28.6 Å². The summed E-state index contributed by atoms with van der Waals surface area (Å²) in [4.78, 5) is 15.5. The summed E-state index contributed by atoms with van der Waals surface area (Å²) in [5, 5.41) is 2.05. The summed E-state index contributed by atoms with van der Waals surface area (Å²) in [7, 11) is 0. The van der Waals surface area contributed by atoms with Crippen LogP contribution in [0.25, 0.3) is 0 Å². The third-order valence-electron chi connectivity index (χ3n) is 3.34. The van der Waals surface area contributed by atoms with Crippen molar-refractivity contribution in [3.8, 4) is 0 Å². The van der Waals surface area contributed by atoms with Crippen LogP contribution in [-0.4, -0.2) is 17.4 Å². The number of anilines is 1. The molecule has 0 bridgehead atoms. The Bertz CT molecular complexity index is 638. The second kappa shape index (κ2) is 4.66. The molecule has 1 aliphatic rings. The van der Waals surface area contributed by atoms with Crippen molar-refractivity contribution in [3.63, 3.8) is 0 Å². The number of nitrogens with zero attached hydrogens (tertiary/aromatic N) is 1. The first-order valence-corrected chi connectivity index (χ1v) is 6.92. The van der Waals surface area contributed by atoms with Crippen LogP contribution in [0.3, 0.4) is 0 Å². The lowest BCUT2D eigenvalue weighted by Crippen LogP contribution is -2.35. The number of hydrogen-bond donors (Lipinski definition) is 1. The zero-order valence-electron chi connectivity index (χ0n) is 10.2. The molecule has 0 spiro atoms. The predicted molar refractivity (Wildman–Crippen MR) is 73.6 cm³/mol. The summed E-state index contributed by atoms with van der Waals surface area (Å²) in [5.74, 6) is -0.554. The standard InChI is InChI=1S/C14H13FN2OS/c15-10-1-2-11(12(16)7-10)14(18)17-5-3-13-9(8-17)4-6-19-13/h1-2,4,6-7H,3,5,8,16H2. The average molecular weight is 276 g/mol. The maximum absolute atomic E-state index is 13.0. The van der Waals surface area contributed by atoms with Crippen LogP contribution >= 0.6 is 11.3 Å². The molecule has 2 N–H and O–H groups in total. The van der Waals surface area contributed by atoms with Gasteiger partial charge in [-0.3, -0.25) is 4.79 Å². The summed E-state index contributed by atoms with van der Waals surface area (Å²) in [6.45, 7) is 1.29. The second-order valence-electron chi connectivity index (χ2n) is 4.58. The Morgan fingerprint density at radius 3 is 3.00 bits per heavy atom. The lowest BCUT2D eigenvalue weighted by Gasteiger charge is -2.27. The lowest BCUT2D eigenvalue weighted by atomic mass is 10.1. The molecule has 1 aromatic heterocycles. The normalized spacial score (nSPS) is 14.3. The molecule has 1 amide bonds. The van der Waals surface area contributed by atoms with Crippen molar-refractivity contribution in [2.75, 3.05) is 12.3 Å². The fourth-order valence-corrected chi connectivity index (χ4v) is 3.21. The van der Waals surface area contributed by atoms with Crippen molar-refractivity contribution in [2.24, 2.45) is 0 Å². The topological polar surface area (TPSA) is 46.3 Å². The van der Waals surface area contributed by atoms with Crippen molar-refractivity contribution in [1.29, 1.82) is 0 Å². The summed E-state index contributed by atoms with van der Waals surface area (Å²) >= 11 is 1.73. The smallest absolute Gasteiger partial charge is 0.256 e. The molecule has 2 aromatic rings. The molecular formula is C14H13FN2OS. The van der Waals surface area contributed by atoms with Crippen LogP contribution in [0.5, 0.6) is 0 Å². The lowest BCUT2D eigenvalue weighted by molar-refractivity contribution is 0.0737. The molecule has 0 aliphatic carbocycles. The van der Waals surface area contributed by atoms with E-state index in [0.717, 1.165) is 6.42 Å². The number of carbonyl (C=O) groups excluding carboxylic acids is 1. The number of benzene rings is 1. The van der Waals surface area contributed by atoms with E-state index in [1.54, 1.807) is 16.2 Å². The maximum Gasteiger partial charge on any atom is 0.256 e. The quantitative estimate of drug-likeness (QED) is 0.814. The van der Waals surface area contributed by atoms with E-state index in [1.807, 2.05) is 11.4 Å². The fourth-order valence-electron chi connectivity index (χ4n) is 2.32. The van der Waals surface area contributed by atoms with E-state index in [-0.39, 0.29) is 11.6 Å². The molecule has 1 aliphatic heterocycles. The number of hydrogen-bond acceptors (Lipinski definition) is 3. The minimum atomic E-state index is -0.423. The van der Waals surface area contributed by atoms with Gasteiger partial charge in [0.05, 0.1) is 5.56 Å². The summed E-state index contributed by atoms with van der Waals surface area (Å²) in [6.07, 6.45) is 0.875. The molecule has 0 atom stereocenters. The van der Waals surface area contributed by atoms with E-state index in [0.29, 0.717) is 18.7 Å². The summed E-state index contributed by atoms with van der Waals surface area (Å²) in [6, 6.07) is 5.96. The van der Waals surface area contributed by atoms with Gasteiger partial charge in [-0.05, 0) is 41.6 Å². The maximum atomic E-state index is 13.0. The number of amides is 1. The monoisotopic (exact) mass is 276 g/mol. The van der Waals surface area contributed by atoms with Crippen LogP contribution in [0.1, 0.15) is 20.8 Å². The first-order chi connectivity index (χ1) is 9.15. The minimum Gasteiger partial charge on any atom is -0.398 e. The molecule has 3 rings (SSSR count). The van der Waals surface area contributed by atoms with Crippen molar-refractivity contribution in [3.05, 3.63) is 51.5 Å². The Balaban J connectivity index is 1.85. The van der Waals surface area contributed by atoms with E-state index in [2.05, 4.69) is 0 Å². The van der Waals surface area contributed by atoms with Gasteiger partial charge in [-0.15, -0.1) is 11.3 Å². The number of nitrogen functional groups attached to an aromatic ring is 1. The van der Waals surface area contributed by atoms with Gasteiger partial charge in [-0.25, -0.2) is 4.39 Å². The SMILES string of the molecule is Nc1cc(F)ccc1C(=O)N1CCc2sccc2C1. The average Bonchev–Trinajstić information content (AvgIpc) is 2.85. The molecule has 0 fully saturated rings.